The zero-order chi connectivity index (χ0) is 15.1. The van der Waals surface area contributed by atoms with Gasteiger partial charge in [0.05, 0.1) is 6.42 Å². The smallest absolute Gasteiger partial charge is 0.227 e. The molecule has 3 heteroatoms. The van der Waals surface area contributed by atoms with Crippen molar-refractivity contribution in [3.63, 3.8) is 0 Å². The highest BCUT2D eigenvalue weighted by Gasteiger charge is 2.36. The number of nitrogens with zero attached hydrogens (tertiary/aromatic N) is 1. The first-order valence-electron chi connectivity index (χ1n) is 8.19. The zero-order valence-electron chi connectivity index (χ0n) is 13.0. The van der Waals surface area contributed by atoms with E-state index < -0.39 is 0 Å². The van der Waals surface area contributed by atoms with Crippen molar-refractivity contribution >= 4 is 16.8 Å². The maximum atomic E-state index is 12.7. The predicted octanol–water partition coefficient (Wildman–Crippen LogP) is 3.53. The fourth-order valence-corrected chi connectivity index (χ4v) is 4.04. The van der Waals surface area contributed by atoms with Crippen LogP contribution in [0.25, 0.3) is 10.9 Å². The van der Waals surface area contributed by atoms with E-state index in [0.29, 0.717) is 18.3 Å². The summed E-state index contributed by atoms with van der Waals surface area (Å²) in [4.78, 5) is 18.0. The molecule has 0 saturated carbocycles. The van der Waals surface area contributed by atoms with E-state index in [1.165, 1.54) is 17.4 Å². The van der Waals surface area contributed by atoms with E-state index in [2.05, 4.69) is 35.0 Å². The van der Waals surface area contributed by atoms with E-state index in [1.807, 2.05) is 18.3 Å². The van der Waals surface area contributed by atoms with Gasteiger partial charge in [-0.25, -0.2) is 0 Å². The highest BCUT2D eigenvalue weighted by atomic mass is 16.2. The first-order valence-corrected chi connectivity index (χ1v) is 8.19. The Bertz CT molecular complexity index is 743. The number of carbonyl (C=O) groups is 1. The minimum Gasteiger partial charge on any atom is -0.361 e. The first kappa shape index (κ1) is 13.6. The number of rotatable bonds is 2. The summed E-state index contributed by atoms with van der Waals surface area (Å²) in [6.07, 6.45) is 7.16. The number of aromatic amines is 1. The average Bonchev–Trinajstić information content (AvgIpc) is 3.11. The van der Waals surface area contributed by atoms with Gasteiger partial charge in [0.15, 0.2) is 0 Å². The molecule has 2 aromatic rings. The Kier molecular flexibility index (Phi) is 3.29. The fourth-order valence-electron chi connectivity index (χ4n) is 4.04. The van der Waals surface area contributed by atoms with Crippen LogP contribution >= 0.6 is 0 Å². The maximum Gasteiger partial charge on any atom is 0.227 e. The van der Waals surface area contributed by atoms with Crippen molar-refractivity contribution in [3.8, 4) is 0 Å². The highest BCUT2D eigenvalue weighted by Crippen LogP contribution is 2.36. The number of fused-ring (bicyclic) bond motifs is 2. The summed E-state index contributed by atoms with van der Waals surface area (Å²) in [5.41, 5.74) is 3.72. The molecule has 0 bridgehead atoms. The van der Waals surface area contributed by atoms with Crippen LogP contribution < -0.4 is 0 Å². The van der Waals surface area contributed by atoms with Crippen LogP contribution in [-0.2, 0) is 11.2 Å². The molecule has 22 heavy (non-hydrogen) atoms. The highest BCUT2D eigenvalue weighted by molar-refractivity contribution is 5.89. The third-order valence-corrected chi connectivity index (χ3v) is 5.30. The van der Waals surface area contributed by atoms with Gasteiger partial charge in [0.25, 0.3) is 0 Å². The Morgan fingerprint density at radius 3 is 3.00 bits per heavy atom. The summed E-state index contributed by atoms with van der Waals surface area (Å²) >= 11 is 0. The number of nitrogens with one attached hydrogen (secondary N) is 1. The van der Waals surface area contributed by atoms with Gasteiger partial charge in [-0.05, 0) is 43.2 Å². The Morgan fingerprint density at radius 1 is 1.27 bits per heavy atom. The van der Waals surface area contributed by atoms with Gasteiger partial charge in [-0.3, -0.25) is 4.79 Å². The van der Waals surface area contributed by atoms with Crippen LogP contribution in [0.4, 0.5) is 0 Å². The lowest BCUT2D eigenvalue weighted by Crippen LogP contribution is -2.30. The molecule has 1 amide bonds. The van der Waals surface area contributed by atoms with Crippen LogP contribution in [-0.4, -0.2) is 28.9 Å². The number of amides is 1. The molecule has 2 heterocycles. The van der Waals surface area contributed by atoms with Crippen molar-refractivity contribution in [2.24, 2.45) is 11.8 Å². The lowest BCUT2D eigenvalue weighted by molar-refractivity contribution is -0.129. The fraction of sp³-hybridized carbons (Fsp3) is 0.421. The molecular formula is C19H22N2O. The van der Waals surface area contributed by atoms with Crippen molar-refractivity contribution in [2.75, 3.05) is 13.1 Å². The normalized spacial score (nSPS) is 24.4. The Morgan fingerprint density at radius 2 is 2.09 bits per heavy atom. The summed E-state index contributed by atoms with van der Waals surface area (Å²) in [7, 11) is 0. The molecule has 2 atom stereocenters. The monoisotopic (exact) mass is 294 g/mol. The average molecular weight is 294 g/mol. The minimum absolute atomic E-state index is 0.275. The van der Waals surface area contributed by atoms with Crippen LogP contribution in [0.15, 0.2) is 42.1 Å². The summed E-state index contributed by atoms with van der Waals surface area (Å²) in [6.45, 7) is 4.10. The molecule has 4 rings (SSSR count). The predicted molar refractivity (Wildman–Crippen MR) is 88.6 cm³/mol. The van der Waals surface area contributed by atoms with Crippen LogP contribution in [0.1, 0.15) is 25.3 Å². The molecule has 114 valence electrons. The van der Waals surface area contributed by atoms with Crippen LogP contribution in [0.5, 0.6) is 0 Å². The second-order valence-corrected chi connectivity index (χ2v) is 6.85. The quantitative estimate of drug-likeness (QED) is 0.845. The van der Waals surface area contributed by atoms with Gasteiger partial charge >= 0.3 is 0 Å². The van der Waals surface area contributed by atoms with Crippen molar-refractivity contribution in [1.29, 1.82) is 0 Å². The largest absolute Gasteiger partial charge is 0.361 e. The molecule has 1 aliphatic carbocycles. The van der Waals surface area contributed by atoms with Crippen LogP contribution in [0.3, 0.4) is 0 Å². The maximum absolute atomic E-state index is 12.7. The molecule has 0 spiro atoms. The van der Waals surface area contributed by atoms with Gasteiger partial charge in [0.1, 0.15) is 0 Å². The second-order valence-electron chi connectivity index (χ2n) is 6.85. The number of hydrogen-bond donors (Lipinski definition) is 1. The van der Waals surface area contributed by atoms with Crippen molar-refractivity contribution in [1.82, 2.24) is 9.88 Å². The van der Waals surface area contributed by atoms with Crippen molar-refractivity contribution < 1.29 is 4.79 Å². The SMILES string of the molecule is CC1=CC[C@H]2CN(C(=O)Cc3c[nH]c4ccccc34)C[C@H]2C1. The Labute approximate surface area is 131 Å². The van der Waals surface area contributed by atoms with Gasteiger partial charge in [-0.1, -0.05) is 29.8 Å². The number of H-pyrrole nitrogens is 1. The molecule has 3 nitrogen and oxygen atoms in total. The molecule has 1 aliphatic heterocycles. The van der Waals surface area contributed by atoms with Crippen molar-refractivity contribution in [3.05, 3.63) is 47.7 Å². The summed E-state index contributed by atoms with van der Waals surface area (Å²) < 4.78 is 0. The summed E-state index contributed by atoms with van der Waals surface area (Å²) in [5.74, 6) is 1.63. The summed E-state index contributed by atoms with van der Waals surface area (Å²) in [6, 6.07) is 8.20. The number of hydrogen-bond acceptors (Lipinski definition) is 1. The standard InChI is InChI=1S/C19H22N2O/c1-13-6-7-14-11-21(12-16(14)8-13)19(22)9-15-10-20-18-5-3-2-4-17(15)18/h2-6,10,14,16,20H,7-9,11-12H2,1H3/t14-,16+/m0/s1. The third kappa shape index (κ3) is 2.35. The Balaban J connectivity index is 1.47. The number of likely N-dealkylation sites (tertiary alicyclic amines) is 1. The molecule has 1 fully saturated rings. The number of benzene rings is 1. The lowest BCUT2D eigenvalue weighted by Gasteiger charge is -2.21. The first-order chi connectivity index (χ1) is 10.7. The van der Waals surface area contributed by atoms with E-state index in [0.717, 1.165) is 30.6 Å². The van der Waals surface area contributed by atoms with E-state index in [1.54, 1.807) is 0 Å². The lowest BCUT2D eigenvalue weighted by atomic mass is 9.83. The van der Waals surface area contributed by atoms with Crippen LogP contribution in [0.2, 0.25) is 0 Å². The molecule has 2 aliphatic rings. The van der Waals surface area contributed by atoms with E-state index >= 15 is 0 Å². The van der Waals surface area contributed by atoms with Crippen molar-refractivity contribution in [2.45, 2.75) is 26.2 Å². The molecule has 1 aromatic carbocycles. The molecule has 1 N–H and O–H groups in total. The van der Waals surface area contributed by atoms with E-state index in [-0.39, 0.29) is 5.91 Å². The van der Waals surface area contributed by atoms with Crippen LogP contribution in [0, 0.1) is 11.8 Å². The number of para-hydroxylation sites is 1. The van der Waals surface area contributed by atoms with Gasteiger partial charge in [0, 0.05) is 30.2 Å². The molecule has 1 saturated heterocycles. The number of carbonyl (C=O) groups excluding carboxylic acids is 1. The topological polar surface area (TPSA) is 36.1 Å². The molecule has 0 unspecified atom stereocenters. The molecular weight excluding hydrogens is 272 g/mol. The van der Waals surface area contributed by atoms with E-state index in [4.69, 9.17) is 0 Å². The minimum atomic E-state index is 0.275. The van der Waals surface area contributed by atoms with Gasteiger partial charge in [0.2, 0.25) is 5.91 Å². The number of aromatic nitrogens is 1. The second kappa shape index (κ2) is 5.31. The number of allylic oxidation sites excluding steroid dienone is 2. The molecule has 1 aromatic heterocycles. The Hall–Kier alpha value is -2.03. The van der Waals surface area contributed by atoms with Gasteiger partial charge in [-0.15, -0.1) is 0 Å². The van der Waals surface area contributed by atoms with Gasteiger partial charge in [-0.2, -0.15) is 0 Å². The molecule has 0 radical (unpaired) electrons. The third-order valence-electron chi connectivity index (χ3n) is 5.30. The summed E-state index contributed by atoms with van der Waals surface area (Å²) in [5, 5.41) is 1.17. The van der Waals surface area contributed by atoms with E-state index in [9.17, 15) is 4.79 Å². The zero-order valence-corrected chi connectivity index (χ0v) is 13.0. The van der Waals surface area contributed by atoms with Gasteiger partial charge < -0.3 is 9.88 Å².